The van der Waals surface area contributed by atoms with E-state index in [-0.39, 0.29) is 0 Å². The van der Waals surface area contributed by atoms with Crippen LogP contribution in [-0.2, 0) is 0 Å². The number of nitrogens with one attached hydrogen (secondary N) is 2. The zero-order valence-electron chi connectivity index (χ0n) is 12.5. The number of hydrogen-bond acceptors (Lipinski definition) is 4. The van der Waals surface area contributed by atoms with Gasteiger partial charge in [0.05, 0.1) is 6.67 Å². The van der Waals surface area contributed by atoms with Crippen LogP contribution in [0.5, 0.6) is 0 Å². The number of aromatic nitrogens is 1. The normalized spacial score (nSPS) is 20.5. The summed E-state index contributed by atoms with van der Waals surface area (Å²) in [5.74, 6) is 1.52. The molecule has 0 aliphatic carbocycles. The maximum Gasteiger partial charge on any atom is 0.135 e. The second-order valence-corrected chi connectivity index (χ2v) is 5.63. The molecule has 0 radical (unpaired) electrons. The fourth-order valence-electron chi connectivity index (χ4n) is 2.20. The average Bonchev–Trinajstić information content (AvgIpc) is 2.51. The Labute approximate surface area is 115 Å². The van der Waals surface area contributed by atoms with Crippen molar-refractivity contribution in [3.8, 4) is 0 Å². The van der Waals surface area contributed by atoms with E-state index in [4.69, 9.17) is 0 Å². The van der Waals surface area contributed by atoms with Crippen LogP contribution in [-0.4, -0.2) is 23.4 Å². The number of anilines is 1. The lowest BCUT2D eigenvalue weighted by molar-refractivity contribution is 0.557. The predicted octanol–water partition coefficient (Wildman–Crippen LogP) is 2.97. The van der Waals surface area contributed by atoms with Crippen LogP contribution >= 0.6 is 0 Å². The maximum absolute atomic E-state index is 4.55. The van der Waals surface area contributed by atoms with Crippen molar-refractivity contribution in [2.45, 2.75) is 46.7 Å². The van der Waals surface area contributed by atoms with E-state index in [9.17, 15) is 0 Å². The van der Waals surface area contributed by atoms with Gasteiger partial charge in [0.15, 0.2) is 0 Å². The third-order valence-electron chi connectivity index (χ3n) is 3.89. The Hall–Kier alpha value is -1.42. The van der Waals surface area contributed by atoms with Gasteiger partial charge in [-0.3, -0.25) is 10.3 Å². The molecule has 1 aromatic rings. The van der Waals surface area contributed by atoms with Crippen LogP contribution < -0.4 is 10.6 Å². The molecule has 19 heavy (non-hydrogen) atoms. The van der Waals surface area contributed by atoms with Crippen molar-refractivity contribution >= 4 is 11.5 Å². The zero-order valence-corrected chi connectivity index (χ0v) is 12.5. The Morgan fingerprint density at radius 1 is 1.37 bits per heavy atom. The minimum Gasteiger partial charge on any atom is -0.367 e. The van der Waals surface area contributed by atoms with Crippen molar-refractivity contribution < 1.29 is 0 Å². The quantitative estimate of drug-likeness (QED) is 0.878. The summed E-state index contributed by atoms with van der Waals surface area (Å²) in [6, 6.07) is 2.77. The van der Waals surface area contributed by atoms with E-state index in [1.807, 2.05) is 6.20 Å². The molecule has 4 heteroatoms. The summed E-state index contributed by atoms with van der Waals surface area (Å²) < 4.78 is 0. The molecule has 0 saturated heterocycles. The van der Waals surface area contributed by atoms with Gasteiger partial charge in [0.25, 0.3) is 0 Å². The molecule has 0 bridgehead atoms. The van der Waals surface area contributed by atoms with Crippen LogP contribution in [0.4, 0.5) is 5.82 Å². The third kappa shape index (κ3) is 2.95. The van der Waals surface area contributed by atoms with Crippen molar-refractivity contribution in [2.75, 3.05) is 12.0 Å². The first-order chi connectivity index (χ1) is 9.00. The van der Waals surface area contributed by atoms with E-state index in [2.05, 4.69) is 61.3 Å². The van der Waals surface area contributed by atoms with Crippen molar-refractivity contribution in [3.63, 3.8) is 0 Å². The Kier molecular flexibility index (Phi) is 4.20. The molecular weight excluding hydrogens is 236 g/mol. The minimum absolute atomic E-state index is 0.300. The fourth-order valence-corrected chi connectivity index (χ4v) is 2.20. The number of nitrogens with zero attached hydrogens (tertiary/aromatic N) is 2. The molecule has 2 atom stereocenters. The lowest BCUT2D eigenvalue weighted by atomic mass is 9.99. The van der Waals surface area contributed by atoms with Crippen LogP contribution in [0.2, 0.25) is 0 Å². The molecule has 1 aliphatic rings. The lowest BCUT2D eigenvalue weighted by Crippen LogP contribution is -2.24. The molecule has 1 aromatic heterocycles. The van der Waals surface area contributed by atoms with Gasteiger partial charge in [0.2, 0.25) is 0 Å². The second-order valence-electron chi connectivity index (χ2n) is 5.63. The molecule has 1 aliphatic heterocycles. The first-order valence-corrected chi connectivity index (χ1v) is 7.01. The molecular formula is C15H24N4. The number of fused-ring (bicyclic) bond motifs is 1. The summed E-state index contributed by atoms with van der Waals surface area (Å²) in [6.45, 7) is 11.5. The Morgan fingerprint density at radius 2 is 2.11 bits per heavy atom. The standard InChI is InChI=1S/C15H24N4/c1-9(2)10(3)19-15-14-12(5)18-8-17-11(4)13(14)6-7-16-15/h6-7,9-11,17H,8H2,1-5H3,(H,16,19). The van der Waals surface area contributed by atoms with Gasteiger partial charge < -0.3 is 5.32 Å². The molecule has 0 saturated carbocycles. The van der Waals surface area contributed by atoms with Gasteiger partial charge in [0, 0.05) is 29.6 Å². The SMILES string of the molecule is CC1=NCNC(C)c2ccnc(NC(C)C(C)C)c21. The number of hydrogen-bond donors (Lipinski definition) is 2. The van der Waals surface area contributed by atoms with E-state index < -0.39 is 0 Å². The summed E-state index contributed by atoms with van der Waals surface area (Å²) in [7, 11) is 0. The monoisotopic (exact) mass is 260 g/mol. The largest absolute Gasteiger partial charge is 0.367 e. The van der Waals surface area contributed by atoms with Gasteiger partial charge in [-0.15, -0.1) is 0 Å². The topological polar surface area (TPSA) is 49.3 Å². The van der Waals surface area contributed by atoms with Crippen molar-refractivity contribution in [3.05, 3.63) is 23.4 Å². The molecule has 2 unspecified atom stereocenters. The molecule has 104 valence electrons. The summed E-state index contributed by atoms with van der Waals surface area (Å²) in [6.07, 6.45) is 1.88. The van der Waals surface area contributed by atoms with Crippen LogP contribution in [0.3, 0.4) is 0 Å². The highest BCUT2D eigenvalue weighted by atomic mass is 15.1. The van der Waals surface area contributed by atoms with Gasteiger partial charge in [0.1, 0.15) is 5.82 Å². The van der Waals surface area contributed by atoms with Gasteiger partial charge in [-0.2, -0.15) is 0 Å². The molecule has 2 rings (SSSR count). The number of rotatable bonds is 3. The van der Waals surface area contributed by atoms with Gasteiger partial charge in [-0.05, 0) is 38.3 Å². The van der Waals surface area contributed by atoms with Crippen molar-refractivity contribution in [1.82, 2.24) is 10.3 Å². The highest BCUT2D eigenvalue weighted by Gasteiger charge is 2.20. The minimum atomic E-state index is 0.300. The second kappa shape index (κ2) is 5.70. The highest BCUT2D eigenvalue weighted by molar-refractivity contribution is 6.04. The van der Waals surface area contributed by atoms with Crippen LogP contribution in [0, 0.1) is 5.92 Å². The fraction of sp³-hybridized carbons (Fsp3) is 0.600. The molecule has 0 amide bonds. The summed E-state index contributed by atoms with van der Waals surface area (Å²) in [5.41, 5.74) is 3.48. The van der Waals surface area contributed by atoms with E-state index in [1.54, 1.807) is 0 Å². The highest BCUT2D eigenvalue weighted by Crippen LogP contribution is 2.26. The summed E-state index contributed by atoms with van der Waals surface area (Å²) in [5, 5.41) is 6.92. The van der Waals surface area contributed by atoms with E-state index in [0.717, 1.165) is 17.1 Å². The van der Waals surface area contributed by atoms with Crippen LogP contribution in [0.1, 0.15) is 51.8 Å². The van der Waals surface area contributed by atoms with Crippen LogP contribution in [0.25, 0.3) is 0 Å². The summed E-state index contributed by atoms with van der Waals surface area (Å²) in [4.78, 5) is 9.07. The van der Waals surface area contributed by atoms with E-state index in [1.165, 1.54) is 5.56 Å². The van der Waals surface area contributed by atoms with E-state index >= 15 is 0 Å². The van der Waals surface area contributed by atoms with Crippen LogP contribution in [0.15, 0.2) is 17.3 Å². The van der Waals surface area contributed by atoms with Crippen molar-refractivity contribution in [2.24, 2.45) is 10.9 Å². The molecule has 2 heterocycles. The maximum atomic E-state index is 4.55. The number of aliphatic imine (C=N–C) groups is 1. The molecule has 2 N–H and O–H groups in total. The molecule has 0 aromatic carbocycles. The predicted molar refractivity (Wildman–Crippen MR) is 80.8 cm³/mol. The molecule has 0 spiro atoms. The Bertz CT molecular complexity index is 479. The molecule has 0 fully saturated rings. The first-order valence-electron chi connectivity index (χ1n) is 7.01. The Morgan fingerprint density at radius 3 is 2.79 bits per heavy atom. The smallest absolute Gasteiger partial charge is 0.135 e. The average molecular weight is 260 g/mol. The Balaban J connectivity index is 2.43. The molecule has 4 nitrogen and oxygen atoms in total. The van der Waals surface area contributed by atoms with Gasteiger partial charge in [-0.25, -0.2) is 4.98 Å². The van der Waals surface area contributed by atoms with Gasteiger partial charge >= 0.3 is 0 Å². The van der Waals surface area contributed by atoms with Gasteiger partial charge in [-0.1, -0.05) is 13.8 Å². The first kappa shape index (κ1) is 14.0. The number of pyridine rings is 1. The zero-order chi connectivity index (χ0) is 14.0. The lowest BCUT2D eigenvalue weighted by Gasteiger charge is -2.22. The van der Waals surface area contributed by atoms with Crippen molar-refractivity contribution in [1.29, 1.82) is 0 Å². The summed E-state index contributed by atoms with van der Waals surface area (Å²) >= 11 is 0. The third-order valence-corrected chi connectivity index (χ3v) is 3.89. The van der Waals surface area contributed by atoms with E-state index in [0.29, 0.717) is 24.7 Å².